The Hall–Kier alpha value is -1.94. The van der Waals surface area contributed by atoms with Gasteiger partial charge in [0.2, 0.25) is 0 Å². The second-order valence-corrected chi connectivity index (χ2v) is 17.2. The quantitative estimate of drug-likeness (QED) is 0.0228. The summed E-state index contributed by atoms with van der Waals surface area (Å²) in [6, 6.07) is 0. The maximum atomic E-state index is 12.6. The third kappa shape index (κ3) is 34.9. The number of aliphatic hydroxyl groups is 1. The number of ether oxygens (including phenoxy) is 4. The maximum absolute atomic E-state index is 12.6. The number of unbranched alkanes of at least 4 members (excludes halogenated alkanes) is 14. The molecule has 0 radical (unpaired) electrons. The van der Waals surface area contributed by atoms with Crippen LogP contribution >= 0.6 is 15.6 Å². The zero-order valence-corrected chi connectivity index (χ0v) is 37.3. The molecule has 0 saturated carbocycles. The standard InChI is InChI=1S/C39H74O17P2/c1-5-9-12-14-16-18-21-25-38(43)55-34(29-49-36(41)23-8-4)31-53-57(45,46)51-27-33(40)28-52-58(47,48)54-32-35(30-50-37(42)24-20-11-7-3)56-39(44)26-22-19-17-15-13-10-6-2/h33-35,40H,5-32H2,1-4H3,(H,45,46)(H,47,48)/t33-,34+,35+/m0/s1. The molecule has 342 valence electrons. The Morgan fingerprint density at radius 2 is 0.724 bits per heavy atom. The summed E-state index contributed by atoms with van der Waals surface area (Å²) in [7, 11) is -9.78. The molecule has 3 N–H and O–H groups in total. The van der Waals surface area contributed by atoms with E-state index in [1.165, 1.54) is 0 Å². The molecule has 0 heterocycles. The van der Waals surface area contributed by atoms with Gasteiger partial charge in [-0.25, -0.2) is 9.13 Å². The largest absolute Gasteiger partial charge is 0.472 e. The van der Waals surface area contributed by atoms with E-state index in [1.807, 2.05) is 6.92 Å². The van der Waals surface area contributed by atoms with Gasteiger partial charge in [-0.3, -0.25) is 37.3 Å². The summed E-state index contributed by atoms with van der Waals surface area (Å²) in [4.78, 5) is 69.4. The average molecular weight is 877 g/mol. The van der Waals surface area contributed by atoms with E-state index in [9.17, 15) is 43.2 Å². The number of esters is 4. The van der Waals surface area contributed by atoms with E-state index in [4.69, 9.17) is 37.0 Å². The number of phosphoric acid groups is 2. The molecule has 0 rings (SSSR count). The van der Waals surface area contributed by atoms with Crippen molar-refractivity contribution in [2.45, 2.75) is 187 Å². The minimum atomic E-state index is -4.89. The fourth-order valence-electron chi connectivity index (χ4n) is 5.25. The maximum Gasteiger partial charge on any atom is 0.472 e. The van der Waals surface area contributed by atoms with E-state index in [0.29, 0.717) is 25.7 Å². The molecular formula is C39H74O17P2. The normalized spacial score (nSPS) is 15.1. The molecule has 0 aromatic rings. The van der Waals surface area contributed by atoms with Gasteiger partial charge in [0.15, 0.2) is 12.2 Å². The predicted octanol–water partition coefficient (Wildman–Crippen LogP) is 8.19. The van der Waals surface area contributed by atoms with E-state index >= 15 is 0 Å². The van der Waals surface area contributed by atoms with Gasteiger partial charge in [-0.1, -0.05) is 118 Å². The van der Waals surface area contributed by atoms with Crippen LogP contribution < -0.4 is 0 Å². The highest BCUT2D eigenvalue weighted by molar-refractivity contribution is 7.47. The third-order valence-corrected chi connectivity index (χ3v) is 10.5. The summed E-state index contributed by atoms with van der Waals surface area (Å²) in [5.74, 6) is -2.26. The minimum absolute atomic E-state index is 0.1000. The minimum Gasteiger partial charge on any atom is -0.462 e. The average Bonchev–Trinajstić information content (AvgIpc) is 3.18. The first-order valence-electron chi connectivity index (χ1n) is 21.3. The number of hydrogen-bond acceptors (Lipinski definition) is 15. The van der Waals surface area contributed by atoms with Gasteiger partial charge in [-0.05, 0) is 25.7 Å². The van der Waals surface area contributed by atoms with Crippen LogP contribution in [0.2, 0.25) is 0 Å². The van der Waals surface area contributed by atoms with E-state index in [2.05, 4.69) is 13.8 Å². The fourth-order valence-corrected chi connectivity index (χ4v) is 6.83. The summed E-state index contributed by atoms with van der Waals surface area (Å²) < 4.78 is 65.7. The third-order valence-electron chi connectivity index (χ3n) is 8.57. The molecule has 0 aliphatic carbocycles. The van der Waals surface area contributed by atoms with Crippen LogP contribution in [0.15, 0.2) is 0 Å². The highest BCUT2D eigenvalue weighted by Gasteiger charge is 2.30. The summed E-state index contributed by atoms with van der Waals surface area (Å²) in [5, 5.41) is 10.2. The van der Waals surface area contributed by atoms with Gasteiger partial charge in [0.25, 0.3) is 0 Å². The van der Waals surface area contributed by atoms with E-state index < -0.39 is 97.5 Å². The number of carbonyl (C=O) groups excluding carboxylic acids is 4. The zero-order valence-electron chi connectivity index (χ0n) is 35.5. The van der Waals surface area contributed by atoms with Gasteiger partial charge in [0.1, 0.15) is 19.3 Å². The highest BCUT2D eigenvalue weighted by atomic mass is 31.2. The molecule has 0 aromatic heterocycles. The molecule has 0 aliphatic heterocycles. The molecule has 0 aliphatic rings. The second-order valence-electron chi connectivity index (χ2n) is 14.3. The van der Waals surface area contributed by atoms with Gasteiger partial charge < -0.3 is 33.8 Å². The smallest absolute Gasteiger partial charge is 0.462 e. The number of carbonyl (C=O) groups is 4. The van der Waals surface area contributed by atoms with Gasteiger partial charge in [-0.2, -0.15) is 0 Å². The lowest BCUT2D eigenvalue weighted by Crippen LogP contribution is -2.30. The molecule has 0 spiro atoms. The Labute approximate surface area is 346 Å². The van der Waals surface area contributed by atoms with Crippen LogP contribution in [-0.4, -0.2) is 96.7 Å². The molecule has 19 heteroatoms. The molecule has 0 amide bonds. The van der Waals surface area contributed by atoms with Crippen LogP contribution in [0.25, 0.3) is 0 Å². The van der Waals surface area contributed by atoms with Gasteiger partial charge in [-0.15, -0.1) is 0 Å². The summed E-state index contributed by atoms with van der Waals surface area (Å²) >= 11 is 0. The van der Waals surface area contributed by atoms with Crippen LogP contribution in [0.5, 0.6) is 0 Å². The molecule has 17 nitrogen and oxygen atoms in total. The van der Waals surface area contributed by atoms with E-state index in [0.717, 1.165) is 89.9 Å². The molecule has 0 saturated heterocycles. The lowest BCUT2D eigenvalue weighted by molar-refractivity contribution is -0.161. The Morgan fingerprint density at radius 3 is 1.12 bits per heavy atom. The molecule has 58 heavy (non-hydrogen) atoms. The molecule has 5 atom stereocenters. The van der Waals surface area contributed by atoms with Crippen molar-refractivity contribution in [3.8, 4) is 0 Å². The molecule has 0 fully saturated rings. The van der Waals surface area contributed by atoms with Crippen LogP contribution in [0, 0.1) is 0 Å². The SMILES string of the molecule is CCCCCCCCCC(=O)O[C@H](COC(=O)CCC)COP(=O)(O)OC[C@H](O)COP(=O)(O)OC[C@@H](COC(=O)CCCCC)OC(=O)CCCCCCCCC. The Kier molecular flexibility index (Phi) is 34.6. The van der Waals surface area contributed by atoms with Crippen molar-refractivity contribution in [1.82, 2.24) is 0 Å². The Bertz CT molecular complexity index is 1190. The van der Waals surface area contributed by atoms with Crippen molar-refractivity contribution in [3.05, 3.63) is 0 Å². The van der Waals surface area contributed by atoms with Crippen molar-refractivity contribution >= 4 is 39.5 Å². The van der Waals surface area contributed by atoms with Crippen molar-refractivity contribution in [2.75, 3.05) is 39.6 Å². The lowest BCUT2D eigenvalue weighted by atomic mass is 10.1. The van der Waals surface area contributed by atoms with Crippen LogP contribution in [-0.2, 0) is 65.4 Å². The summed E-state index contributed by atoms with van der Waals surface area (Å²) in [5.41, 5.74) is 0. The topological polar surface area (TPSA) is 237 Å². The van der Waals surface area contributed by atoms with Crippen molar-refractivity contribution < 1.29 is 80.2 Å². The van der Waals surface area contributed by atoms with Crippen LogP contribution in [0.3, 0.4) is 0 Å². The first-order chi connectivity index (χ1) is 27.7. The lowest BCUT2D eigenvalue weighted by Gasteiger charge is -2.21. The summed E-state index contributed by atoms with van der Waals surface area (Å²) in [6.07, 6.45) is 13.0. The second kappa shape index (κ2) is 35.8. The van der Waals surface area contributed by atoms with Gasteiger partial charge in [0.05, 0.1) is 26.4 Å². The van der Waals surface area contributed by atoms with E-state index in [-0.39, 0.29) is 25.7 Å². The van der Waals surface area contributed by atoms with Crippen molar-refractivity contribution in [1.29, 1.82) is 0 Å². The number of aliphatic hydroxyl groups excluding tert-OH is 1. The predicted molar refractivity (Wildman–Crippen MR) is 215 cm³/mol. The van der Waals surface area contributed by atoms with E-state index in [1.54, 1.807) is 6.92 Å². The number of phosphoric ester groups is 2. The first-order valence-corrected chi connectivity index (χ1v) is 24.3. The monoisotopic (exact) mass is 876 g/mol. The molecule has 0 aromatic carbocycles. The Morgan fingerprint density at radius 1 is 0.414 bits per heavy atom. The van der Waals surface area contributed by atoms with Gasteiger partial charge in [0, 0.05) is 25.7 Å². The summed E-state index contributed by atoms with van der Waals surface area (Å²) in [6.45, 7) is 4.03. The molecule has 0 bridgehead atoms. The first kappa shape index (κ1) is 56.1. The van der Waals surface area contributed by atoms with Crippen LogP contribution in [0.4, 0.5) is 0 Å². The molecule has 2 unspecified atom stereocenters. The Balaban J connectivity index is 5.00. The zero-order chi connectivity index (χ0) is 43.5. The van der Waals surface area contributed by atoms with Crippen molar-refractivity contribution in [2.24, 2.45) is 0 Å². The van der Waals surface area contributed by atoms with Gasteiger partial charge >= 0.3 is 39.5 Å². The number of rotatable bonds is 40. The molecular weight excluding hydrogens is 802 g/mol. The highest BCUT2D eigenvalue weighted by Crippen LogP contribution is 2.45. The van der Waals surface area contributed by atoms with Crippen molar-refractivity contribution in [3.63, 3.8) is 0 Å². The fraction of sp³-hybridized carbons (Fsp3) is 0.897. The number of hydrogen-bond donors (Lipinski definition) is 3. The van der Waals surface area contributed by atoms with Crippen LogP contribution in [0.1, 0.15) is 169 Å².